The normalized spacial score (nSPS) is 12.0. The van der Waals surface area contributed by atoms with Gasteiger partial charge in [-0.3, -0.25) is 0 Å². The molecule has 1 N–H and O–H groups in total. The van der Waals surface area contributed by atoms with Crippen LogP contribution in [0.15, 0.2) is 27.8 Å². The molecule has 0 spiro atoms. The quantitative estimate of drug-likeness (QED) is 0.604. The standard InChI is InChI=1S/C17H22AsNO4/c1-17(2,3)18-13-14(16(21)15(13)20)19-9-10-6-11(22-4)8-12(7-10)23-5/h6-8,18-19H,9H2,1-5H3. The average molecular weight is 379 g/mol. The molecule has 0 radical (unpaired) electrons. The van der Waals surface area contributed by atoms with Gasteiger partial charge in [0.1, 0.15) is 0 Å². The van der Waals surface area contributed by atoms with Gasteiger partial charge in [0.05, 0.1) is 0 Å². The zero-order valence-corrected chi connectivity index (χ0v) is 16.2. The van der Waals surface area contributed by atoms with E-state index in [0.717, 1.165) is 9.91 Å². The zero-order valence-electron chi connectivity index (χ0n) is 14.1. The Morgan fingerprint density at radius 1 is 1.00 bits per heavy atom. The third kappa shape index (κ3) is 4.17. The minimum absolute atomic E-state index is 0.0812. The number of rotatable bonds is 6. The Morgan fingerprint density at radius 2 is 1.57 bits per heavy atom. The van der Waals surface area contributed by atoms with Gasteiger partial charge in [-0.2, -0.15) is 0 Å². The molecule has 0 aliphatic carbocycles. The van der Waals surface area contributed by atoms with Crippen LogP contribution in [0.1, 0.15) is 26.3 Å². The maximum absolute atomic E-state index is 11.8. The van der Waals surface area contributed by atoms with Gasteiger partial charge in [-0.15, -0.1) is 0 Å². The molecule has 1 unspecified atom stereocenters. The van der Waals surface area contributed by atoms with Crippen molar-refractivity contribution >= 4 is 25.8 Å². The molecule has 0 saturated carbocycles. The van der Waals surface area contributed by atoms with Gasteiger partial charge in [-0.1, -0.05) is 0 Å². The summed E-state index contributed by atoms with van der Waals surface area (Å²) in [4.78, 5) is 23.6. The summed E-state index contributed by atoms with van der Waals surface area (Å²) < 4.78 is 11.3. The van der Waals surface area contributed by atoms with Crippen molar-refractivity contribution < 1.29 is 9.47 Å². The van der Waals surface area contributed by atoms with Gasteiger partial charge in [0.25, 0.3) is 0 Å². The topological polar surface area (TPSA) is 64.6 Å². The first-order chi connectivity index (χ1) is 10.7. The number of hydrogen-bond acceptors (Lipinski definition) is 5. The number of ether oxygens (including phenoxy) is 2. The molecule has 0 amide bonds. The Bertz CT molecular complexity index is 748. The number of hydrogen-bond donors (Lipinski definition) is 1. The summed E-state index contributed by atoms with van der Waals surface area (Å²) in [6, 6.07) is 5.54. The van der Waals surface area contributed by atoms with Gasteiger partial charge < -0.3 is 0 Å². The van der Waals surface area contributed by atoms with E-state index in [4.69, 9.17) is 9.47 Å². The van der Waals surface area contributed by atoms with Gasteiger partial charge in [-0.05, 0) is 0 Å². The number of nitrogens with one attached hydrogen (secondary N) is 1. The molecule has 0 fully saturated rings. The van der Waals surface area contributed by atoms with Gasteiger partial charge in [0.2, 0.25) is 0 Å². The maximum atomic E-state index is 11.8. The first-order valence-electron chi connectivity index (χ1n) is 7.32. The van der Waals surface area contributed by atoms with E-state index in [1.54, 1.807) is 20.3 Å². The van der Waals surface area contributed by atoms with E-state index < -0.39 is 21.2 Å². The van der Waals surface area contributed by atoms with Crippen LogP contribution >= 0.6 is 0 Å². The summed E-state index contributed by atoms with van der Waals surface area (Å²) >= 11 is -0.655. The first-order valence-corrected chi connectivity index (χ1v) is 9.42. The zero-order chi connectivity index (χ0) is 17.2. The second-order valence-corrected chi connectivity index (χ2v) is 11.1. The first kappa shape index (κ1) is 17.6. The molecule has 1 atom stereocenters. The Kier molecular flexibility index (Phi) is 5.20. The van der Waals surface area contributed by atoms with Crippen LogP contribution in [-0.2, 0) is 6.54 Å². The molecule has 0 saturated heterocycles. The average Bonchev–Trinajstić information content (AvgIpc) is 2.52. The second kappa shape index (κ2) is 6.79. The van der Waals surface area contributed by atoms with Gasteiger partial charge in [0.15, 0.2) is 0 Å². The predicted molar refractivity (Wildman–Crippen MR) is 94.7 cm³/mol. The molecule has 0 aliphatic rings. The van der Waals surface area contributed by atoms with Crippen molar-refractivity contribution in [3.8, 4) is 11.5 Å². The van der Waals surface area contributed by atoms with E-state index >= 15 is 0 Å². The molecular weight excluding hydrogens is 357 g/mol. The molecule has 2 rings (SSSR count). The molecule has 0 aliphatic heterocycles. The van der Waals surface area contributed by atoms with E-state index in [9.17, 15) is 9.59 Å². The molecular formula is C17H22AsNO4. The third-order valence-corrected chi connectivity index (χ3v) is 6.39. The van der Waals surface area contributed by atoms with E-state index in [0.29, 0.717) is 23.7 Å². The molecule has 124 valence electrons. The summed E-state index contributed by atoms with van der Waals surface area (Å²) in [5.74, 6) is 1.38. The van der Waals surface area contributed by atoms with Crippen molar-refractivity contribution in [1.82, 2.24) is 0 Å². The van der Waals surface area contributed by atoms with Crippen molar-refractivity contribution in [3.63, 3.8) is 0 Å². The van der Waals surface area contributed by atoms with Crippen molar-refractivity contribution in [2.45, 2.75) is 31.5 Å². The molecule has 0 aromatic heterocycles. The monoisotopic (exact) mass is 379 g/mol. The fourth-order valence-corrected chi connectivity index (χ4v) is 4.95. The molecule has 0 bridgehead atoms. The van der Waals surface area contributed by atoms with Crippen molar-refractivity contribution in [1.29, 1.82) is 0 Å². The molecule has 2 aromatic rings. The van der Waals surface area contributed by atoms with Gasteiger partial charge >= 0.3 is 142 Å². The van der Waals surface area contributed by atoms with E-state index in [1.165, 1.54) is 0 Å². The van der Waals surface area contributed by atoms with Crippen LogP contribution in [0.4, 0.5) is 5.69 Å². The molecule has 0 heterocycles. The van der Waals surface area contributed by atoms with Crippen LogP contribution in [-0.4, -0.2) is 30.0 Å². The predicted octanol–water partition coefficient (Wildman–Crippen LogP) is 1.19. The summed E-state index contributed by atoms with van der Waals surface area (Å²) in [6.45, 7) is 6.74. The summed E-state index contributed by atoms with van der Waals surface area (Å²) in [7, 11) is 3.18. The fraction of sp³-hybridized carbons (Fsp3) is 0.412. The molecule has 23 heavy (non-hydrogen) atoms. The van der Waals surface area contributed by atoms with E-state index in [2.05, 4.69) is 26.1 Å². The van der Waals surface area contributed by atoms with Crippen molar-refractivity contribution in [2.24, 2.45) is 0 Å². The summed E-state index contributed by atoms with van der Waals surface area (Å²) in [5.41, 5.74) is 0.705. The summed E-state index contributed by atoms with van der Waals surface area (Å²) in [6.07, 6.45) is 0. The van der Waals surface area contributed by atoms with E-state index in [-0.39, 0.29) is 9.63 Å². The Balaban J connectivity index is 2.18. The van der Waals surface area contributed by atoms with Crippen LogP contribution in [0.5, 0.6) is 11.5 Å². The Hall–Kier alpha value is -1.74. The van der Waals surface area contributed by atoms with Gasteiger partial charge in [0, 0.05) is 0 Å². The Labute approximate surface area is 142 Å². The minimum atomic E-state index is -0.655. The fourth-order valence-electron chi connectivity index (χ4n) is 2.21. The van der Waals surface area contributed by atoms with Gasteiger partial charge in [-0.25, -0.2) is 0 Å². The number of methoxy groups -OCH3 is 2. The SMILES string of the molecule is COc1cc(CNc2c([AsH]C(C)(C)C)c(=O)c2=O)cc(OC)c1. The van der Waals surface area contributed by atoms with Crippen LogP contribution in [0, 0.1) is 0 Å². The van der Waals surface area contributed by atoms with Crippen molar-refractivity contribution in [3.05, 3.63) is 44.2 Å². The number of anilines is 1. The van der Waals surface area contributed by atoms with Crippen LogP contribution in [0.25, 0.3) is 0 Å². The van der Waals surface area contributed by atoms with Crippen LogP contribution < -0.4 is 30.0 Å². The second-order valence-electron chi connectivity index (χ2n) is 6.36. The van der Waals surface area contributed by atoms with Crippen molar-refractivity contribution in [2.75, 3.05) is 19.5 Å². The van der Waals surface area contributed by atoms with Crippen LogP contribution in [0.3, 0.4) is 0 Å². The molecule has 6 heteroatoms. The molecule has 2 aromatic carbocycles. The number of benzene rings is 1. The van der Waals surface area contributed by atoms with E-state index in [1.807, 2.05) is 12.1 Å². The third-order valence-electron chi connectivity index (χ3n) is 3.29. The Morgan fingerprint density at radius 3 is 2.04 bits per heavy atom. The molecule has 5 nitrogen and oxygen atoms in total. The summed E-state index contributed by atoms with van der Waals surface area (Å²) in [5, 5.41) is 3.12. The van der Waals surface area contributed by atoms with Crippen LogP contribution in [0.2, 0.25) is 4.20 Å².